The number of sulfone groups is 1. The molecule has 2 N–H and O–H groups in total. The molecule has 1 fully saturated rings. The predicted molar refractivity (Wildman–Crippen MR) is 95.4 cm³/mol. The molecule has 3 rings (SSSR count). The second kappa shape index (κ2) is 6.94. The van der Waals surface area contributed by atoms with E-state index in [0.29, 0.717) is 17.6 Å². The van der Waals surface area contributed by atoms with Gasteiger partial charge in [-0.1, -0.05) is 19.1 Å². The first kappa shape index (κ1) is 17.0. The molecule has 1 aliphatic heterocycles. The second-order valence-corrected chi connectivity index (χ2v) is 8.45. The van der Waals surface area contributed by atoms with E-state index in [1.165, 1.54) is 6.26 Å². The Balaban J connectivity index is 1.84. The summed E-state index contributed by atoms with van der Waals surface area (Å²) >= 11 is 0. The van der Waals surface area contributed by atoms with E-state index in [1.807, 2.05) is 12.3 Å². The fourth-order valence-corrected chi connectivity index (χ4v) is 3.98. The number of hydrogen-bond acceptors (Lipinski definition) is 5. The molecule has 1 saturated heterocycles. The molecule has 0 bridgehead atoms. The minimum Gasteiger partial charge on any atom is -0.379 e. The third-order valence-corrected chi connectivity index (χ3v) is 5.69. The molecule has 2 atom stereocenters. The summed E-state index contributed by atoms with van der Waals surface area (Å²) in [5.41, 5.74) is 1.49. The van der Waals surface area contributed by atoms with Gasteiger partial charge < -0.3 is 10.6 Å². The number of nitrogens with one attached hydrogen (secondary N) is 2. The van der Waals surface area contributed by atoms with Gasteiger partial charge in [-0.15, -0.1) is 0 Å². The number of para-hydroxylation sites is 1. The number of hydrogen-bond donors (Lipinski definition) is 2. The summed E-state index contributed by atoms with van der Waals surface area (Å²) < 4.78 is 25.6. The van der Waals surface area contributed by atoms with Gasteiger partial charge in [0.1, 0.15) is 0 Å². The van der Waals surface area contributed by atoms with Crippen molar-refractivity contribution in [2.45, 2.75) is 30.7 Å². The third-order valence-electron chi connectivity index (χ3n) is 4.54. The molecule has 6 nitrogen and oxygen atoms in total. The third kappa shape index (κ3) is 3.79. The molecule has 7 heteroatoms. The Kier molecular flexibility index (Phi) is 4.91. The minimum atomic E-state index is -3.30. The summed E-state index contributed by atoms with van der Waals surface area (Å²) in [6.07, 6.45) is 7.03. The number of rotatable bonds is 4. The number of aromatic nitrogens is 2. The lowest BCUT2D eigenvalue weighted by atomic mass is 9.97. The van der Waals surface area contributed by atoms with Crippen LogP contribution in [0.4, 0.5) is 5.69 Å². The Bertz CT molecular complexity index is 800. The fourth-order valence-electron chi connectivity index (χ4n) is 3.12. The van der Waals surface area contributed by atoms with Crippen LogP contribution in [0.1, 0.15) is 19.8 Å². The first-order valence-electron chi connectivity index (χ1n) is 8.26. The second-order valence-electron chi connectivity index (χ2n) is 6.47. The summed E-state index contributed by atoms with van der Waals surface area (Å²) in [7, 11) is -3.30. The van der Waals surface area contributed by atoms with E-state index in [2.05, 4.69) is 22.7 Å². The standard InChI is InChI=1S/C17H24N4O2S/c1-13-7-9-18-10-8-15(13)20-14-11-19-21(12-14)16-5-3-4-6-17(16)24(2,22)23/h3-6,11-13,15,18,20H,7-10H2,1-2H3. The van der Waals surface area contributed by atoms with Crippen molar-refractivity contribution < 1.29 is 8.42 Å². The van der Waals surface area contributed by atoms with Crippen LogP contribution >= 0.6 is 0 Å². The van der Waals surface area contributed by atoms with Crippen molar-refractivity contribution in [1.29, 1.82) is 0 Å². The lowest BCUT2D eigenvalue weighted by Crippen LogP contribution is -2.27. The lowest BCUT2D eigenvalue weighted by molar-refractivity contribution is 0.469. The molecule has 1 aliphatic rings. The molecule has 0 saturated carbocycles. The van der Waals surface area contributed by atoms with E-state index in [-0.39, 0.29) is 4.90 Å². The highest BCUT2D eigenvalue weighted by molar-refractivity contribution is 7.90. The van der Waals surface area contributed by atoms with Crippen LogP contribution < -0.4 is 10.6 Å². The van der Waals surface area contributed by atoms with Gasteiger partial charge in [0.2, 0.25) is 0 Å². The van der Waals surface area contributed by atoms with Crippen molar-refractivity contribution in [3.63, 3.8) is 0 Å². The van der Waals surface area contributed by atoms with Crippen LogP contribution in [0.2, 0.25) is 0 Å². The maximum Gasteiger partial charge on any atom is 0.177 e. The zero-order valence-electron chi connectivity index (χ0n) is 14.1. The van der Waals surface area contributed by atoms with Crippen LogP contribution in [0.25, 0.3) is 5.69 Å². The Hall–Kier alpha value is -1.86. The molecule has 0 amide bonds. The van der Waals surface area contributed by atoms with Crippen molar-refractivity contribution in [3.8, 4) is 5.69 Å². The average Bonchev–Trinajstić information content (AvgIpc) is 2.91. The molecule has 0 spiro atoms. The van der Waals surface area contributed by atoms with Crippen LogP contribution in [0.15, 0.2) is 41.6 Å². The molecule has 24 heavy (non-hydrogen) atoms. The van der Waals surface area contributed by atoms with Crippen molar-refractivity contribution in [2.75, 3.05) is 24.7 Å². The summed E-state index contributed by atoms with van der Waals surface area (Å²) in [5, 5.41) is 11.3. The van der Waals surface area contributed by atoms with Crippen LogP contribution in [-0.4, -0.2) is 43.6 Å². The maximum absolute atomic E-state index is 12.0. The van der Waals surface area contributed by atoms with E-state index in [0.717, 1.165) is 31.6 Å². The maximum atomic E-state index is 12.0. The molecule has 130 valence electrons. The molecule has 1 aromatic carbocycles. The van der Waals surface area contributed by atoms with E-state index in [1.54, 1.807) is 29.1 Å². The Morgan fingerprint density at radius 2 is 2.00 bits per heavy atom. The van der Waals surface area contributed by atoms with Gasteiger partial charge in [0.15, 0.2) is 9.84 Å². The molecule has 2 unspecified atom stereocenters. The molecular formula is C17H24N4O2S. The zero-order chi connectivity index (χ0) is 17.2. The van der Waals surface area contributed by atoms with Gasteiger partial charge in [0.25, 0.3) is 0 Å². The minimum absolute atomic E-state index is 0.284. The van der Waals surface area contributed by atoms with Gasteiger partial charge in [-0.25, -0.2) is 13.1 Å². The molecule has 2 heterocycles. The monoisotopic (exact) mass is 348 g/mol. The van der Waals surface area contributed by atoms with E-state index in [9.17, 15) is 8.42 Å². The van der Waals surface area contributed by atoms with Crippen molar-refractivity contribution in [1.82, 2.24) is 15.1 Å². The van der Waals surface area contributed by atoms with Gasteiger partial charge in [0, 0.05) is 12.3 Å². The highest BCUT2D eigenvalue weighted by atomic mass is 32.2. The van der Waals surface area contributed by atoms with Gasteiger partial charge >= 0.3 is 0 Å². The highest BCUT2D eigenvalue weighted by Crippen LogP contribution is 2.23. The van der Waals surface area contributed by atoms with Crippen LogP contribution in [0.3, 0.4) is 0 Å². The SMILES string of the molecule is CC1CCNCCC1Nc1cnn(-c2ccccc2S(C)(=O)=O)c1. The zero-order valence-corrected chi connectivity index (χ0v) is 14.9. The van der Waals surface area contributed by atoms with Crippen LogP contribution in [-0.2, 0) is 9.84 Å². The number of benzene rings is 1. The van der Waals surface area contributed by atoms with Gasteiger partial charge in [-0.05, 0) is 44.0 Å². The van der Waals surface area contributed by atoms with Crippen LogP contribution in [0.5, 0.6) is 0 Å². The summed E-state index contributed by atoms with van der Waals surface area (Å²) in [6, 6.07) is 7.31. The quantitative estimate of drug-likeness (QED) is 0.885. The molecule has 0 aliphatic carbocycles. The first-order chi connectivity index (χ1) is 11.4. The summed E-state index contributed by atoms with van der Waals surface area (Å²) in [4.78, 5) is 0.284. The molecule has 2 aromatic rings. The normalized spacial score (nSPS) is 22.1. The van der Waals surface area contributed by atoms with Gasteiger partial charge in [-0.2, -0.15) is 5.10 Å². The molecule has 1 aromatic heterocycles. The van der Waals surface area contributed by atoms with E-state index < -0.39 is 9.84 Å². The van der Waals surface area contributed by atoms with Crippen LogP contribution in [0, 0.1) is 5.92 Å². The van der Waals surface area contributed by atoms with Gasteiger partial charge in [0.05, 0.1) is 28.7 Å². The fraction of sp³-hybridized carbons (Fsp3) is 0.471. The van der Waals surface area contributed by atoms with Crippen molar-refractivity contribution >= 4 is 15.5 Å². The molecular weight excluding hydrogens is 324 g/mol. The Labute approximate surface area is 143 Å². The largest absolute Gasteiger partial charge is 0.379 e. The van der Waals surface area contributed by atoms with E-state index in [4.69, 9.17) is 0 Å². The Morgan fingerprint density at radius 1 is 1.25 bits per heavy atom. The van der Waals surface area contributed by atoms with E-state index >= 15 is 0 Å². The smallest absolute Gasteiger partial charge is 0.177 e. The molecule has 0 radical (unpaired) electrons. The topological polar surface area (TPSA) is 76.0 Å². The summed E-state index contributed by atoms with van der Waals surface area (Å²) in [6.45, 7) is 4.32. The first-order valence-corrected chi connectivity index (χ1v) is 10.2. The predicted octanol–water partition coefficient (Wildman–Crippen LogP) is 2.08. The van der Waals surface area contributed by atoms with Gasteiger partial charge in [-0.3, -0.25) is 0 Å². The van der Waals surface area contributed by atoms with Crippen molar-refractivity contribution in [3.05, 3.63) is 36.7 Å². The lowest BCUT2D eigenvalue weighted by Gasteiger charge is -2.22. The Morgan fingerprint density at radius 3 is 2.79 bits per heavy atom. The highest BCUT2D eigenvalue weighted by Gasteiger charge is 2.20. The number of anilines is 1. The summed E-state index contributed by atoms with van der Waals surface area (Å²) in [5.74, 6) is 0.576. The average molecular weight is 348 g/mol. The van der Waals surface area contributed by atoms with Crippen molar-refractivity contribution in [2.24, 2.45) is 5.92 Å². The number of nitrogens with zero attached hydrogens (tertiary/aromatic N) is 2.